The standard InChI is InChI=1S/C12H15NO2/c1-8(9(2)14)11-6-4-5-7-12(11)13-10(3)15/h4-8H,1-3H3,(H,13,15)/t8-/m0/s1. The van der Waals surface area contributed by atoms with Crippen LogP contribution in [-0.2, 0) is 9.59 Å². The van der Waals surface area contributed by atoms with Crippen molar-refractivity contribution in [3.63, 3.8) is 0 Å². The van der Waals surface area contributed by atoms with Crippen LogP contribution in [0.1, 0.15) is 32.3 Å². The number of carbonyl (C=O) groups excluding carboxylic acids is 2. The Labute approximate surface area is 89.5 Å². The second-order valence-corrected chi connectivity index (χ2v) is 3.60. The molecule has 3 heteroatoms. The molecule has 0 aliphatic rings. The number of amides is 1. The topological polar surface area (TPSA) is 46.2 Å². The minimum Gasteiger partial charge on any atom is -0.326 e. The Bertz CT molecular complexity index is 385. The SMILES string of the molecule is CC(=O)Nc1ccccc1[C@@H](C)C(C)=O. The Hall–Kier alpha value is -1.64. The fraction of sp³-hybridized carbons (Fsp3) is 0.333. The molecule has 1 atom stereocenters. The summed E-state index contributed by atoms with van der Waals surface area (Å²) >= 11 is 0. The van der Waals surface area contributed by atoms with Crippen LogP contribution in [0.25, 0.3) is 0 Å². The summed E-state index contributed by atoms with van der Waals surface area (Å²) in [5.41, 5.74) is 1.58. The second-order valence-electron chi connectivity index (χ2n) is 3.60. The van der Waals surface area contributed by atoms with Crippen molar-refractivity contribution in [3.05, 3.63) is 29.8 Å². The van der Waals surface area contributed by atoms with Crippen molar-refractivity contribution in [2.24, 2.45) is 0 Å². The highest BCUT2D eigenvalue weighted by Crippen LogP contribution is 2.24. The second kappa shape index (κ2) is 4.73. The average molecular weight is 205 g/mol. The number of carbonyl (C=O) groups is 2. The van der Waals surface area contributed by atoms with E-state index in [1.807, 2.05) is 25.1 Å². The molecule has 0 saturated heterocycles. The summed E-state index contributed by atoms with van der Waals surface area (Å²) in [5, 5.41) is 2.72. The fourth-order valence-electron chi connectivity index (χ4n) is 1.40. The van der Waals surface area contributed by atoms with Crippen LogP contribution in [-0.4, -0.2) is 11.7 Å². The predicted molar refractivity (Wildman–Crippen MR) is 59.8 cm³/mol. The van der Waals surface area contributed by atoms with E-state index in [0.717, 1.165) is 5.56 Å². The van der Waals surface area contributed by atoms with Crippen LogP contribution in [0.3, 0.4) is 0 Å². The zero-order valence-electron chi connectivity index (χ0n) is 9.20. The average Bonchev–Trinajstić information content (AvgIpc) is 2.16. The summed E-state index contributed by atoms with van der Waals surface area (Å²) in [7, 11) is 0. The summed E-state index contributed by atoms with van der Waals surface area (Å²) in [5.74, 6) is -0.223. The van der Waals surface area contributed by atoms with Crippen molar-refractivity contribution in [2.45, 2.75) is 26.7 Å². The van der Waals surface area contributed by atoms with E-state index in [1.165, 1.54) is 6.92 Å². The van der Waals surface area contributed by atoms with Crippen LogP contribution in [0, 0.1) is 0 Å². The number of anilines is 1. The lowest BCUT2D eigenvalue weighted by Gasteiger charge is -2.13. The molecule has 0 fully saturated rings. The highest BCUT2D eigenvalue weighted by molar-refractivity contribution is 5.92. The Morgan fingerprint density at radius 2 is 1.80 bits per heavy atom. The molecule has 1 N–H and O–H groups in total. The predicted octanol–water partition coefficient (Wildman–Crippen LogP) is 2.34. The number of nitrogens with one attached hydrogen (secondary N) is 1. The van der Waals surface area contributed by atoms with Gasteiger partial charge in [-0.1, -0.05) is 25.1 Å². The van der Waals surface area contributed by atoms with Crippen LogP contribution in [0.5, 0.6) is 0 Å². The van der Waals surface area contributed by atoms with E-state index in [9.17, 15) is 9.59 Å². The maximum atomic E-state index is 11.3. The smallest absolute Gasteiger partial charge is 0.221 e. The van der Waals surface area contributed by atoms with Gasteiger partial charge in [-0.3, -0.25) is 9.59 Å². The molecule has 0 radical (unpaired) electrons. The number of hydrogen-bond acceptors (Lipinski definition) is 2. The number of para-hydroxylation sites is 1. The molecular weight excluding hydrogens is 190 g/mol. The van der Waals surface area contributed by atoms with Gasteiger partial charge in [0.05, 0.1) is 0 Å². The zero-order chi connectivity index (χ0) is 11.4. The quantitative estimate of drug-likeness (QED) is 0.823. The monoisotopic (exact) mass is 205 g/mol. The lowest BCUT2D eigenvalue weighted by Crippen LogP contribution is -2.12. The van der Waals surface area contributed by atoms with Gasteiger partial charge < -0.3 is 5.32 Å². The lowest BCUT2D eigenvalue weighted by molar-refractivity contribution is -0.118. The Balaban J connectivity index is 3.05. The van der Waals surface area contributed by atoms with Gasteiger partial charge >= 0.3 is 0 Å². The Kier molecular flexibility index (Phi) is 3.61. The maximum absolute atomic E-state index is 11.3. The van der Waals surface area contributed by atoms with E-state index in [-0.39, 0.29) is 17.6 Å². The van der Waals surface area contributed by atoms with E-state index in [0.29, 0.717) is 5.69 Å². The van der Waals surface area contributed by atoms with Crippen molar-refractivity contribution in [1.82, 2.24) is 0 Å². The molecule has 0 bridgehead atoms. The van der Waals surface area contributed by atoms with E-state index >= 15 is 0 Å². The number of Topliss-reactive ketones (excluding diaryl/α,β-unsaturated/α-hetero) is 1. The lowest BCUT2D eigenvalue weighted by atomic mass is 9.96. The molecule has 15 heavy (non-hydrogen) atoms. The number of rotatable bonds is 3. The third kappa shape index (κ3) is 2.91. The van der Waals surface area contributed by atoms with Crippen LogP contribution in [0.2, 0.25) is 0 Å². The Morgan fingerprint density at radius 1 is 1.20 bits per heavy atom. The van der Waals surface area contributed by atoms with Crippen molar-refractivity contribution >= 4 is 17.4 Å². The molecule has 1 aromatic rings. The molecule has 0 aliphatic heterocycles. The summed E-state index contributed by atoms with van der Waals surface area (Å²) in [6.07, 6.45) is 0. The highest BCUT2D eigenvalue weighted by Gasteiger charge is 2.14. The van der Waals surface area contributed by atoms with E-state index in [4.69, 9.17) is 0 Å². The van der Waals surface area contributed by atoms with Gasteiger partial charge in [-0.15, -0.1) is 0 Å². The molecule has 0 heterocycles. The van der Waals surface area contributed by atoms with Crippen molar-refractivity contribution in [3.8, 4) is 0 Å². The van der Waals surface area contributed by atoms with Crippen molar-refractivity contribution < 1.29 is 9.59 Å². The molecule has 1 rings (SSSR count). The molecule has 0 spiro atoms. The first kappa shape index (κ1) is 11.4. The largest absolute Gasteiger partial charge is 0.326 e. The van der Waals surface area contributed by atoms with Crippen LogP contribution in [0.4, 0.5) is 5.69 Å². The summed E-state index contributed by atoms with van der Waals surface area (Å²) < 4.78 is 0. The number of benzene rings is 1. The first-order valence-corrected chi connectivity index (χ1v) is 4.89. The minimum atomic E-state index is -0.187. The third-order valence-electron chi connectivity index (χ3n) is 2.35. The molecule has 0 aliphatic carbocycles. The van der Waals surface area contributed by atoms with Crippen molar-refractivity contribution in [2.75, 3.05) is 5.32 Å². The van der Waals surface area contributed by atoms with Gasteiger partial charge in [0, 0.05) is 18.5 Å². The van der Waals surface area contributed by atoms with E-state index in [2.05, 4.69) is 5.32 Å². The van der Waals surface area contributed by atoms with E-state index in [1.54, 1.807) is 13.0 Å². The maximum Gasteiger partial charge on any atom is 0.221 e. The summed E-state index contributed by atoms with van der Waals surface area (Å²) in [4.78, 5) is 22.2. The van der Waals surface area contributed by atoms with Crippen LogP contribution in [0.15, 0.2) is 24.3 Å². The van der Waals surface area contributed by atoms with Gasteiger partial charge in [-0.25, -0.2) is 0 Å². The third-order valence-corrected chi connectivity index (χ3v) is 2.35. The number of hydrogen-bond donors (Lipinski definition) is 1. The molecule has 0 saturated carbocycles. The van der Waals surface area contributed by atoms with Gasteiger partial charge in [0.25, 0.3) is 0 Å². The Morgan fingerprint density at radius 3 is 2.33 bits per heavy atom. The van der Waals surface area contributed by atoms with Crippen LogP contribution >= 0.6 is 0 Å². The molecule has 0 aromatic heterocycles. The van der Waals surface area contributed by atoms with Gasteiger partial charge in [-0.05, 0) is 18.6 Å². The highest BCUT2D eigenvalue weighted by atomic mass is 16.1. The van der Waals surface area contributed by atoms with Crippen molar-refractivity contribution in [1.29, 1.82) is 0 Å². The normalized spacial score (nSPS) is 11.9. The van der Waals surface area contributed by atoms with Crippen LogP contribution < -0.4 is 5.32 Å². The number of ketones is 1. The zero-order valence-corrected chi connectivity index (χ0v) is 9.20. The fourth-order valence-corrected chi connectivity index (χ4v) is 1.40. The molecule has 80 valence electrons. The molecule has 1 aromatic carbocycles. The van der Waals surface area contributed by atoms with Gasteiger partial charge in [-0.2, -0.15) is 0 Å². The summed E-state index contributed by atoms with van der Waals surface area (Å²) in [6.45, 7) is 4.84. The van der Waals surface area contributed by atoms with Gasteiger partial charge in [0.1, 0.15) is 5.78 Å². The molecule has 0 unspecified atom stereocenters. The first-order valence-electron chi connectivity index (χ1n) is 4.89. The molecule has 3 nitrogen and oxygen atoms in total. The molecular formula is C12H15NO2. The van der Waals surface area contributed by atoms with Gasteiger partial charge in [0.15, 0.2) is 0 Å². The van der Waals surface area contributed by atoms with E-state index < -0.39 is 0 Å². The summed E-state index contributed by atoms with van der Waals surface area (Å²) in [6, 6.07) is 7.36. The minimum absolute atomic E-state index is 0.0906. The molecule has 1 amide bonds. The van der Waals surface area contributed by atoms with Gasteiger partial charge in [0.2, 0.25) is 5.91 Å². The first-order chi connectivity index (χ1) is 7.02.